The van der Waals surface area contributed by atoms with Crippen molar-refractivity contribution in [1.29, 1.82) is 0 Å². The molecule has 0 aliphatic carbocycles. The van der Waals surface area contributed by atoms with E-state index in [-0.39, 0.29) is 0 Å². The van der Waals surface area contributed by atoms with Crippen molar-refractivity contribution in [1.82, 2.24) is 0 Å². The molecule has 0 N–H and O–H groups in total. The highest BCUT2D eigenvalue weighted by atomic mass is 14.6. The van der Waals surface area contributed by atoms with Crippen molar-refractivity contribution in [3.8, 4) is 0 Å². The molecule has 0 saturated carbocycles. The van der Waals surface area contributed by atoms with Crippen LogP contribution >= 0.6 is 0 Å². The zero-order valence-electron chi connectivity index (χ0n) is 7.39. The average Bonchev–Trinajstić information content (AvgIpc) is 2.04. The van der Waals surface area contributed by atoms with Gasteiger partial charge in [-0.1, -0.05) is 32.1 Å². The molecule has 0 amide bonds. The summed E-state index contributed by atoms with van der Waals surface area (Å²) in [5.41, 5.74) is 1.13. The summed E-state index contributed by atoms with van der Waals surface area (Å²) in [6.07, 6.45) is 5.45. The van der Waals surface area contributed by atoms with Gasteiger partial charge in [-0.3, -0.25) is 4.99 Å². The summed E-state index contributed by atoms with van der Waals surface area (Å²) in [5, 5.41) is 0. The second-order valence-corrected chi connectivity index (χ2v) is 1.52. The Bertz CT molecular complexity index is 121. The van der Waals surface area contributed by atoms with Crippen molar-refractivity contribution in [2.24, 2.45) is 4.99 Å². The third-order valence-electron chi connectivity index (χ3n) is 0.808. The van der Waals surface area contributed by atoms with Crippen molar-refractivity contribution in [2.45, 2.75) is 20.8 Å². The molecule has 0 radical (unpaired) electrons. The average molecular weight is 139 g/mol. The Morgan fingerprint density at radius 2 is 1.90 bits per heavy atom. The normalized spacial score (nSPS) is 10.6. The summed E-state index contributed by atoms with van der Waals surface area (Å²) in [5.74, 6) is 0. The van der Waals surface area contributed by atoms with Gasteiger partial charge in [0.15, 0.2) is 0 Å². The Kier molecular flexibility index (Phi) is 13.1. The molecule has 0 aliphatic heterocycles. The van der Waals surface area contributed by atoms with Crippen molar-refractivity contribution < 1.29 is 0 Å². The third kappa shape index (κ3) is 10.2. The Hall–Kier alpha value is -0.850. The van der Waals surface area contributed by atoms with Gasteiger partial charge in [0.2, 0.25) is 0 Å². The molecular formula is C9H17N. The highest BCUT2D eigenvalue weighted by Gasteiger charge is 1.70. The van der Waals surface area contributed by atoms with E-state index in [1.54, 1.807) is 19.3 Å². The first-order valence-electron chi connectivity index (χ1n) is 3.52. The van der Waals surface area contributed by atoms with E-state index < -0.39 is 0 Å². The Labute approximate surface area is 64.2 Å². The summed E-state index contributed by atoms with van der Waals surface area (Å²) in [4.78, 5) is 3.77. The fourth-order valence-corrected chi connectivity index (χ4v) is 0.260. The van der Waals surface area contributed by atoms with E-state index in [4.69, 9.17) is 0 Å². The lowest BCUT2D eigenvalue weighted by molar-refractivity contribution is 1.46. The van der Waals surface area contributed by atoms with E-state index in [0.29, 0.717) is 0 Å². The molecule has 0 aromatic carbocycles. The molecular weight excluding hydrogens is 122 g/mol. The van der Waals surface area contributed by atoms with E-state index >= 15 is 0 Å². The maximum Gasteiger partial charge on any atom is 0.0277 e. The largest absolute Gasteiger partial charge is 0.297 e. The van der Waals surface area contributed by atoms with Gasteiger partial charge in [0.1, 0.15) is 0 Å². The molecule has 0 aromatic heterocycles. The molecule has 0 rings (SSSR count). The zero-order chi connectivity index (χ0) is 8.41. The van der Waals surface area contributed by atoms with Crippen LogP contribution in [-0.4, -0.2) is 13.3 Å². The molecule has 0 aromatic rings. The van der Waals surface area contributed by atoms with Crippen LogP contribution < -0.4 is 0 Å². The molecule has 10 heavy (non-hydrogen) atoms. The van der Waals surface area contributed by atoms with Crippen LogP contribution in [0.5, 0.6) is 0 Å². The van der Waals surface area contributed by atoms with Crippen molar-refractivity contribution in [2.75, 3.05) is 7.05 Å². The number of hydrogen-bond donors (Lipinski definition) is 0. The molecule has 0 atom stereocenters. The summed E-state index contributed by atoms with van der Waals surface area (Å²) >= 11 is 0. The van der Waals surface area contributed by atoms with E-state index in [0.717, 1.165) is 5.57 Å². The lowest BCUT2D eigenvalue weighted by Gasteiger charge is -1.81. The Morgan fingerprint density at radius 1 is 1.40 bits per heavy atom. The monoisotopic (exact) mass is 139 g/mol. The van der Waals surface area contributed by atoms with Crippen LogP contribution in [0.3, 0.4) is 0 Å². The Morgan fingerprint density at radius 3 is 2.20 bits per heavy atom. The second-order valence-electron chi connectivity index (χ2n) is 1.52. The van der Waals surface area contributed by atoms with Crippen LogP contribution in [0.4, 0.5) is 0 Å². The molecule has 0 bridgehead atoms. The van der Waals surface area contributed by atoms with Crippen LogP contribution in [0.25, 0.3) is 0 Å². The number of nitrogens with zero attached hydrogens (tertiary/aromatic N) is 1. The third-order valence-corrected chi connectivity index (χ3v) is 0.808. The van der Waals surface area contributed by atoms with E-state index in [1.807, 2.05) is 26.8 Å². The summed E-state index contributed by atoms with van der Waals surface area (Å²) < 4.78 is 0. The van der Waals surface area contributed by atoms with Crippen LogP contribution in [0, 0.1) is 0 Å². The number of allylic oxidation sites excluding steroid dienone is 3. The van der Waals surface area contributed by atoms with Crippen molar-refractivity contribution >= 4 is 6.21 Å². The quantitative estimate of drug-likeness (QED) is 0.412. The molecule has 0 heterocycles. The van der Waals surface area contributed by atoms with Gasteiger partial charge in [0, 0.05) is 13.3 Å². The van der Waals surface area contributed by atoms with Gasteiger partial charge in [-0.2, -0.15) is 0 Å². The highest BCUT2D eigenvalue weighted by molar-refractivity contribution is 5.72. The first-order chi connectivity index (χ1) is 4.81. The van der Waals surface area contributed by atoms with Crippen LogP contribution in [0.1, 0.15) is 20.8 Å². The van der Waals surface area contributed by atoms with Gasteiger partial charge in [0.05, 0.1) is 0 Å². The maximum atomic E-state index is 3.77. The molecule has 0 saturated heterocycles. The topological polar surface area (TPSA) is 12.4 Å². The van der Waals surface area contributed by atoms with E-state index in [1.165, 1.54) is 0 Å². The van der Waals surface area contributed by atoms with Gasteiger partial charge in [0.25, 0.3) is 0 Å². The van der Waals surface area contributed by atoms with Gasteiger partial charge in [-0.15, -0.1) is 0 Å². The summed E-state index contributed by atoms with van der Waals surface area (Å²) in [7, 11) is 1.74. The van der Waals surface area contributed by atoms with Gasteiger partial charge in [-0.05, 0) is 13.0 Å². The minimum absolute atomic E-state index is 1.13. The van der Waals surface area contributed by atoms with E-state index in [9.17, 15) is 0 Å². The molecule has 0 spiro atoms. The molecule has 0 unspecified atom stereocenters. The summed E-state index contributed by atoms with van der Waals surface area (Å²) in [6, 6.07) is 0. The predicted molar refractivity (Wildman–Crippen MR) is 49.7 cm³/mol. The van der Waals surface area contributed by atoms with Crippen molar-refractivity contribution in [3.05, 3.63) is 24.3 Å². The number of rotatable bonds is 2. The molecule has 0 aliphatic rings. The van der Waals surface area contributed by atoms with Gasteiger partial charge < -0.3 is 0 Å². The summed E-state index contributed by atoms with van der Waals surface area (Å²) in [6.45, 7) is 9.56. The fraction of sp³-hybridized carbons (Fsp3) is 0.444. The minimum atomic E-state index is 1.13. The fourth-order valence-electron chi connectivity index (χ4n) is 0.260. The SMILES string of the molecule is C=C/C(C)=C/C=NC.CC. The number of aliphatic imine (C=N–C) groups is 1. The zero-order valence-corrected chi connectivity index (χ0v) is 7.39. The van der Waals surface area contributed by atoms with E-state index in [2.05, 4.69) is 11.6 Å². The lowest BCUT2D eigenvalue weighted by atomic mass is 10.3. The first-order valence-corrected chi connectivity index (χ1v) is 3.52. The Balaban J connectivity index is 0. The lowest BCUT2D eigenvalue weighted by Crippen LogP contribution is -1.67. The van der Waals surface area contributed by atoms with Crippen molar-refractivity contribution in [3.63, 3.8) is 0 Å². The molecule has 1 heteroatoms. The highest BCUT2D eigenvalue weighted by Crippen LogP contribution is 1.88. The molecule has 0 fully saturated rings. The standard InChI is InChI=1S/C7H11N.C2H6/c1-4-7(2)5-6-8-3;1-2/h4-6H,1H2,2-3H3;1-2H3/b7-5+,8-6?;. The smallest absolute Gasteiger partial charge is 0.0277 e. The van der Waals surface area contributed by atoms with Gasteiger partial charge >= 0.3 is 0 Å². The molecule has 1 nitrogen and oxygen atoms in total. The first kappa shape index (κ1) is 11.9. The van der Waals surface area contributed by atoms with Crippen LogP contribution in [0.2, 0.25) is 0 Å². The molecule has 58 valence electrons. The van der Waals surface area contributed by atoms with Crippen LogP contribution in [-0.2, 0) is 0 Å². The second kappa shape index (κ2) is 11.0. The number of hydrogen-bond acceptors (Lipinski definition) is 1. The predicted octanol–water partition coefficient (Wildman–Crippen LogP) is 2.85. The van der Waals surface area contributed by atoms with Gasteiger partial charge in [-0.25, -0.2) is 0 Å². The minimum Gasteiger partial charge on any atom is -0.297 e. The maximum absolute atomic E-state index is 3.77. The van der Waals surface area contributed by atoms with Crippen LogP contribution in [0.15, 0.2) is 29.3 Å².